The van der Waals surface area contributed by atoms with Crippen molar-refractivity contribution < 1.29 is 22.5 Å². The highest BCUT2D eigenvalue weighted by Crippen LogP contribution is 2.22. The van der Waals surface area contributed by atoms with E-state index in [2.05, 4.69) is 20.5 Å². The second-order valence-electron chi connectivity index (χ2n) is 7.63. The Kier molecular flexibility index (Phi) is 6.93. The number of amides is 2. The van der Waals surface area contributed by atoms with Gasteiger partial charge in [-0.2, -0.15) is 0 Å². The second kappa shape index (κ2) is 10.2. The molecule has 4 aromatic rings. The van der Waals surface area contributed by atoms with Crippen LogP contribution in [0.4, 0.5) is 11.5 Å². The van der Waals surface area contributed by atoms with Crippen LogP contribution in [0, 0.1) is 6.92 Å². The summed E-state index contributed by atoms with van der Waals surface area (Å²) in [7, 11) is -3.90. The molecule has 1 aromatic heterocycles. The lowest BCUT2D eigenvalue weighted by Gasteiger charge is -2.19. The first-order chi connectivity index (χ1) is 16.8. The molecule has 0 aliphatic heterocycles. The molecular formula is C25H22N4O5S. The second-order valence-corrected chi connectivity index (χ2v) is 9.32. The smallest absolute Gasteiger partial charge is 0.313 e. The fourth-order valence-corrected chi connectivity index (χ4v) is 4.35. The number of aryl methyl sites for hydroxylation is 1. The van der Waals surface area contributed by atoms with Crippen LogP contribution in [-0.4, -0.2) is 25.4 Å². The maximum absolute atomic E-state index is 12.7. The predicted octanol–water partition coefficient (Wildman–Crippen LogP) is 3.63. The van der Waals surface area contributed by atoms with Gasteiger partial charge in [-0.25, -0.2) is 8.42 Å². The van der Waals surface area contributed by atoms with Crippen molar-refractivity contribution in [1.29, 1.82) is 0 Å². The Bertz CT molecular complexity index is 1380. The first-order valence-corrected chi connectivity index (χ1v) is 12.1. The minimum absolute atomic E-state index is 0.0474. The molecule has 3 aromatic carbocycles. The average Bonchev–Trinajstić information content (AvgIpc) is 3.27. The van der Waals surface area contributed by atoms with Crippen LogP contribution in [0.25, 0.3) is 0 Å². The number of hydrogen-bond donors (Lipinski definition) is 3. The summed E-state index contributed by atoms with van der Waals surface area (Å²) in [6.45, 7) is 1.64. The number of nitrogens with one attached hydrogen (secondary N) is 3. The Labute approximate surface area is 202 Å². The van der Waals surface area contributed by atoms with Gasteiger partial charge in [0.05, 0.1) is 10.9 Å². The molecule has 0 radical (unpaired) electrons. The van der Waals surface area contributed by atoms with E-state index < -0.39 is 27.9 Å². The third-order valence-corrected chi connectivity index (χ3v) is 6.41. The minimum Gasteiger partial charge on any atom is -0.360 e. The highest BCUT2D eigenvalue weighted by molar-refractivity contribution is 7.92. The zero-order chi connectivity index (χ0) is 24.8. The highest BCUT2D eigenvalue weighted by Gasteiger charge is 2.22. The number of sulfonamides is 1. The van der Waals surface area contributed by atoms with E-state index in [4.69, 9.17) is 4.52 Å². The summed E-state index contributed by atoms with van der Waals surface area (Å²) < 4.78 is 32.2. The summed E-state index contributed by atoms with van der Waals surface area (Å²) in [6, 6.07) is 24.9. The van der Waals surface area contributed by atoms with Crippen LogP contribution < -0.4 is 15.4 Å². The van der Waals surface area contributed by atoms with Crippen molar-refractivity contribution in [3.05, 3.63) is 108 Å². The van der Waals surface area contributed by atoms with E-state index in [0.29, 0.717) is 5.76 Å². The van der Waals surface area contributed by atoms with Crippen LogP contribution in [0.3, 0.4) is 0 Å². The quantitative estimate of drug-likeness (QED) is 0.339. The number of carbonyl (C=O) groups is 2. The van der Waals surface area contributed by atoms with Crippen LogP contribution in [0.1, 0.15) is 22.9 Å². The lowest BCUT2D eigenvalue weighted by Crippen LogP contribution is -2.38. The summed E-state index contributed by atoms with van der Waals surface area (Å²) in [5.74, 6) is -1.19. The largest absolute Gasteiger partial charge is 0.360 e. The molecular weight excluding hydrogens is 468 g/mol. The molecule has 3 N–H and O–H groups in total. The van der Waals surface area contributed by atoms with Gasteiger partial charge in [-0.15, -0.1) is 0 Å². The Morgan fingerprint density at radius 2 is 1.40 bits per heavy atom. The van der Waals surface area contributed by atoms with E-state index in [9.17, 15) is 18.0 Å². The zero-order valence-corrected chi connectivity index (χ0v) is 19.5. The molecule has 10 heteroatoms. The molecule has 4 rings (SSSR count). The third-order valence-electron chi connectivity index (χ3n) is 5.04. The molecule has 2 amide bonds. The molecule has 35 heavy (non-hydrogen) atoms. The van der Waals surface area contributed by atoms with E-state index in [1.165, 1.54) is 30.3 Å². The van der Waals surface area contributed by atoms with Crippen LogP contribution in [0.15, 0.2) is 100 Å². The fourth-order valence-electron chi connectivity index (χ4n) is 3.36. The number of rotatable bonds is 7. The Hall–Kier alpha value is -4.44. The highest BCUT2D eigenvalue weighted by atomic mass is 32.2. The van der Waals surface area contributed by atoms with Gasteiger partial charge < -0.3 is 15.2 Å². The lowest BCUT2D eigenvalue weighted by atomic mass is 9.99. The van der Waals surface area contributed by atoms with E-state index >= 15 is 0 Å². The van der Waals surface area contributed by atoms with Crippen molar-refractivity contribution in [3.63, 3.8) is 0 Å². The minimum atomic E-state index is -3.90. The SMILES string of the molecule is Cc1cc(NS(=O)(=O)c2ccc(NC(=O)C(=O)NC(c3ccccc3)c3ccccc3)cc2)no1. The summed E-state index contributed by atoms with van der Waals surface area (Å²) in [6.07, 6.45) is 0. The first kappa shape index (κ1) is 23.7. The van der Waals surface area contributed by atoms with Crippen LogP contribution >= 0.6 is 0 Å². The van der Waals surface area contributed by atoms with Crippen molar-refractivity contribution in [1.82, 2.24) is 10.5 Å². The molecule has 0 aliphatic rings. The van der Waals surface area contributed by atoms with Gasteiger partial charge in [-0.1, -0.05) is 65.8 Å². The topological polar surface area (TPSA) is 130 Å². The summed E-state index contributed by atoms with van der Waals surface area (Å²) in [4.78, 5) is 25.2. The molecule has 9 nitrogen and oxygen atoms in total. The van der Waals surface area contributed by atoms with Gasteiger partial charge in [0.15, 0.2) is 5.82 Å². The molecule has 0 aliphatic carbocycles. The maximum atomic E-state index is 12.7. The first-order valence-electron chi connectivity index (χ1n) is 10.6. The zero-order valence-electron chi connectivity index (χ0n) is 18.6. The number of aromatic nitrogens is 1. The van der Waals surface area contributed by atoms with E-state index in [1.54, 1.807) is 6.92 Å². The van der Waals surface area contributed by atoms with Crippen LogP contribution in [0.5, 0.6) is 0 Å². The summed E-state index contributed by atoms with van der Waals surface area (Å²) in [5.41, 5.74) is 1.91. The molecule has 0 saturated carbocycles. The van der Waals surface area contributed by atoms with Gasteiger partial charge in [-0.3, -0.25) is 14.3 Å². The van der Waals surface area contributed by atoms with Gasteiger partial charge in [0.2, 0.25) is 0 Å². The molecule has 0 bridgehead atoms. The molecule has 0 fully saturated rings. The molecule has 0 atom stereocenters. The van der Waals surface area contributed by atoms with Crippen molar-refractivity contribution in [2.45, 2.75) is 17.9 Å². The van der Waals surface area contributed by atoms with E-state index in [0.717, 1.165) is 11.1 Å². The predicted molar refractivity (Wildman–Crippen MR) is 130 cm³/mol. The molecule has 0 unspecified atom stereocenters. The van der Waals surface area contributed by atoms with Crippen molar-refractivity contribution >= 4 is 33.3 Å². The van der Waals surface area contributed by atoms with Gasteiger partial charge in [0, 0.05) is 11.8 Å². The normalized spacial score (nSPS) is 11.1. The van der Waals surface area contributed by atoms with Crippen molar-refractivity contribution in [2.24, 2.45) is 0 Å². The monoisotopic (exact) mass is 490 g/mol. The number of nitrogens with zero attached hydrogens (tertiary/aromatic N) is 1. The van der Waals surface area contributed by atoms with Crippen LogP contribution in [0.2, 0.25) is 0 Å². The van der Waals surface area contributed by atoms with Gasteiger partial charge in [0.25, 0.3) is 10.0 Å². The van der Waals surface area contributed by atoms with E-state index in [-0.39, 0.29) is 16.4 Å². The fraction of sp³-hybridized carbons (Fsp3) is 0.0800. The molecule has 1 heterocycles. The van der Waals surface area contributed by atoms with Crippen molar-refractivity contribution in [3.8, 4) is 0 Å². The number of benzene rings is 3. The number of carbonyl (C=O) groups excluding carboxylic acids is 2. The summed E-state index contributed by atoms with van der Waals surface area (Å²) >= 11 is 0. The average molecular weight is 491 g/mol. The number of anilines is 2. The lowest BCUT2D eigenvalue weighted by molar-refractivity contribution is -0.136. The van der Waals surface area contributed by atoms with Crippen molar-refractivity contribution in [2.75, 3.05) is 10.0 Å². The van der Waals surface area contributed by atoms with Crippen LogP contribution in [-0.2, 0) is 19.6 Å². The maximum Gasteiger partial charge on any atom is 0.313 e. The van der Waals surface area contributed by atoms with Gasteiger partial charge in [-0.05, 0) is 42.3 Å². The summed E-state index contributed by atoms with van der Waals surface area (Å²) in [5, 5.41) is 8.85. The number of hydrogen-bond acceptors (Lipinski definition) is 6. The molecule has 0 spiro atoms. The Morgan fingerprint density at radius 1 is 0.829 bits per heavy atom. The van der Waals surface area contributed by atoms with E-state index in [1.807, 2.05) is 60.7 Å². The Morgan fingerprint density at radius 3 is 1.91 bits per heavy atom. The molecule has 178 valence electrons. The molecule has 0 saturated heterocycles. The van der Waals surface area contributed by atoms with Gasteiger partial charge >= 0.3 is 11.8 Å². The third kappa shape index (κ3) is 5.92. The van der Waals surface area contributed by atoms with Gasteiger partial charge in [0.1, 0.15) is 5.76 Å². The standard InChI is InChI=1S/C25H22N4O5S/c1-17-16-22(28-34-17)29-35(32,33)21-14-12-20(13-15-21)26-24(30)25(31)27-23(18-8-4-2-5-9-18)19-10-6-3-7-11-19/h2-16,23H,1H3,(H,26,30)(H,27,31)(H,28,29). The Balaban J connectivity index is 1.43.